The summed E-state index contributed by atoms with van der Waals surface area (Å²) in [5.74, 6) is 2.04. The predicted octanol–water partition coefficient (Wildman–Crippen LogP) is 4.92. The maximum Gasteiger partial charge on any atom is 0.232 e. The van der Waals surface area contributed by atoms with Gasteiger partial charge in [0.1, 0.15) is 5.75 Å². The quantitative estimate of drug-likeness (QED) is 0.511. The molecule has 2 aliphatic rings. The van der Waals surface area contributed by atoms with E-state index in [-0.39, 0.29) is 17.9 Å². The lowest BCUT2D eigenvalue weighted by atomic mass is 10.1. The van der Waals surface area contributed by atoms with Gasteiger partial charge in [-0.15, -0.1) is 0 Å². The van der Waals surface area contributed by atoms with Crippen LogP contribution in [0.25, 0.3) is 11.4 Å². The van der Waals surface area contributed by atoms with Crippen LogP contribution in [0.4, 0.5) is 0 Å². The Morgan fingerprint density at radius 2 is 2.00 bits per heavy atom. The third-order valence-electron chi connectivity index (χ3n) is 6.31. The highest BCUT2D eigenvalue weighted by Gasteiger charge is 2.40. The highest BCUT2D eigenvalue weighted by atomic mass is 16.5. The first-order chi connectivity index (χ1) is 15.2. The number of unbranched alkanes of at least 4 members (excludes halogenated alkanes) is 1. The fourth-order valence-electron chi connectivity index (χ4n) is 4.61. The summed E-state index contributed by atoms with van der Waals surface area (Å²) in [6.07, 6.45) is 4.58. The van der Waals surface area contributed by atoms with E-state index in [9.17, 15) is 4.79 Å². The highest BCUT2D eigenvalue weighted by Crippen LogP contribution is 2.40. The fourth-order valence-corrected chi connectivity index (χ4v) is 4.61. The maximum absolute atomic E-state index is 12.8. The molecule has 1 aliphatic carbocycles. The minimum Gasteiger partial charge on any atom is -0.494 e. The molecular formula is C25H27N3O3. The molecule has 2 unspecified atom stereocenters. The maximum atomic E-state index is 12.8. The van der Waals surface area contributed by atoms with Crippen LogP contribution in [0.5, 0.6) is 5.75 Å². The summed E-state index contributed by atoms with van der Waals surface area (Å²) in [4.78, 5) is 19.4. The summed E-state index contributed by atoms with van der Waals surface area (Å²) in [7, 11) is 0. The van der Waals surface area contributed by atoms with Gasteiger partial charge in [0.05, 0.1) is 18.6 Å². The van der Waals surface area contributed by atoms with Gasteiger partial charge in [0.25, 0.3) is 0 Å². The number of ether oxygens (including phenoxy) is 1. The third kappa shape index (κ3) is 3.94. The minimum atomic E-state index is -0.0573. The van der Waals surface area contributed by atoms with Crippen LogP contribution in [0.2, 0.25) is 0 Å². The van der Waals surface area contributed by atoms with Gasteiger partial charge in [0, 0.05) is 18.5 Å². The molecule has 5 rings (SSSR count). The summed E-state index contributed by atoms with van der Waals surface area (Å²) in [6, 6.07) is 16.3. The molecule has 0 N–H and O–H groups in total. The molecule has 0 saturated carbocycles. The summed E-state index contributed by atoms with van der Waals surface area (Å²) >= 11 is 0. The number of nitrogens with zero attached hydrogens (tertiary/aromatic N) is 3. The zero-order valence-electron chi connectivity index (χ0n) is 17.8. The van der Waals surface area contributed by atoms with Crippen LogP contribution in [0.1, 0.15) is 61.6 Å². The average Bonchev–Trinajstić information content (AvgIpc) is 3.52. The van der Waals surface area contributed by atoms with Crippen molar-refractivity contribution in [1.29, 1.82) is 0 Å². The van der Waals surface area contributed by atoms with E-state index in [2.05, 4.69) is 41.3 Å². The largest absolute Gasteiger partial charge is 0.494 e. The molecule has 1 aromatic heterocycles. The van der Waals surface area contributed by atoms with Crippen molar-refractivity contribution in [2.45, 2.75) is 51.0 Å². The van der Waals surface area contributed by atoms with Gasteiger partial charge < -0.3 is 14.2 Å². The molecule has 6 heteroatoms. The molecule has 1 saturated heterocycles. The second-order valence-corrected chi connectivity index (χ2v) is 8.38. The van der Waals surface area contributed by atoms with E-state index in [0.29, 0.717) is 24.7 Å². The first kappa shape index (κ1) is 19.8. The number of carbonyl (C=O) groups excluding carboxylic acids is 1. The number of aromatic nitrogens is 2. The van der Waals surface area contributed by atoms with Crippen LogP contribution < -0.4 is 4.74 Å². The smallest absolute Gasteiger partial charge is 0.232 e. The molecule has 3 aromatic rings. The van der Waals surface area contributed by atoms with Crippen molar-refractivity contribution >= 4 is 5.91 Å². The molecule has 0 spiro atoms. The van der Waals surface area contributed by atoms with E-state index >= 15 is 0 Å². The van der Waals surface area contributed by atoms with Gasteiger partial charge in [-0.05, 0) is 54.7 Å². The SMILES string of the molecule is CCCCOc1ccc(-c2noc(C3CC(=O)N(C4CCc5ccccc54)C3)n2)cc1. The van der Waals surface area contributed by atoms with Crippen molar-refractivity contribution in [3.63, 3.8) is 0 Å². The second kappa shape index (κ2) is 8.53. The van der Waals surface area contributed by atoms with Crippen molar-refractivity contribution in [1.82, 2.24) is 15.0 Å². The van der Waals surface area contributed by atoms with Gasteiger partial charge in [0.15, 0.2) is 0 Å². The molecule has 6 nitrogen and oxygen atoms in total. The van der Waals surface area contributed by atoms with E-state index in [4.69, 9.17) is 9.26 Å². The normalized spacial score (nSPS) is 20.3. The van der Waals surface area contributed by atoms with Crippen LogP contribution in [0.3, 0.4) is 0 Å². The molecule has 0 radical (unpaired) electrons. The van der Waals surface area contributed by atoms with Crippen molar-refractivity contribution in [3.8, 4) is 17.1 Å². The lowest BCUT2D eigenvalue weighted by Crippen LogP contribution is -2.28. The van der Waals surface area contributed by atoms with Gasteiger partial charge in [-0.2, -0.15) is 4.98 Å². The minimum absolute atomic E-state index is 0.0573. The Labute approximate surface area is 182 Å². The number of hydrogen-bond donors (Lipinski definition) is 0. The van der Waals surface area contributed by atoms with Gasteiger partial charge in [-0.3, -0.25) is 4.79 Å². The predicted molar refractivity (Wildman–Crippen MR) is 117 cm³/mol. The number of aryl methyl sites for hydroxylation is 1. The third-order valence-corrected chi connectivity index (χ3v) is 6.31. The van der Waals surface area contributed by atoms with E-state index in [1.54, 1.807) is 0 Å². The lowest BCUT2D eigenvalue weighted by molar-refractivity contribution is -0.129. The summed E-state index contributed by atoms with van der Waals surface area (Å²) in [5.41, 5.74) is 3.51. The molecule has 160 valence electrons. The molecular weight excluding hydrogens is 390 g/mol. The molecule has 2 aromatic carbocycles. The van der Waals surface area contributed by atoms with E-state index in [0.717, 1.165) is 43.6 Å². The number of amides is 1. The summed E-state index contributed by atoms with van der Waals surface area (Å²) in [6.45, 7) is 3.49. The van der Waals surface area contributed by atoms with Crippen LogP contribution in [0.15, 0.2) is 53.1 Å². The van der Waals surface area contributed by atoms with Gasteiger partial charge in [-0.25, -0.2) is 0 Å². The Hall–Kier alpha value is -3.15. The number of benzene rings is 2. The Balaban J connectivity index is 1.27. The van der Waals surface area contributed by atoms with E-state index < -0.39 is 0 Å². The van der Waals surface area contributed by atoms with E-state index in [1.807, 2.05) is 29.2 Å². The molecule has 1 amide bonds. The topological polar surface area (TPSA) is 68.5 Å². The molecule has 2 atom stereocenters. The monoisotopic (exact) mass is 417 g/mol. The van der Waals surface area contributed by atoms with E-state index in [1.165, 1.54) is 11.1 Å². The number of likely N-dealkylation sites (tertiary alicyclic amines) is 1. The average molecular weight is 418 g/mol. The van der Waals surface area contributed by atoms with Gasteiger partial charge in [0.2, 0.25) is 17.6 Å². The lowest BCUT2D eigenvalue weighted by Gasteiger charge is -2.25. The van der Waals surface area contributed by atoms with Crippen LogP contribution in [-0.2, 0) is 11.2 Å². The number of rotatable bonds is 7. The number of carbonyl (C=O) groups is 1. The highest BCUT2D eigenvalue weighted by molar-refractivity contribution is 5.80. The van der Waals surface area contributed by atoms with Crippen molar-refractivity contribution in [2.24, 2.45) is 0 Å². The molecule has 2 heterocycles. The van der Waals surface area contributed by atoms with Crippen LogP contribution in [-0.4, -0.2) is 34.1 Å². The Kier molecular flexibility index (Phi) is 5.45. The summed E-state index contributed by atoms with van der Waals surface area (Å²) < 4.78 is 11.3. The molecule has 0 bridgehead atoms. The number of fused-ring (bicyclic) bond motifs is 1. The van der Waals surface area contributed by atoms with Crippen molar-refractivity contribution in [3.05, 3.63) is 65.5 Å². The van der Waals surface area contributed by atoms with Gasteiger partial charge in [-0.1, -0.05) is 42.8 Å². The van der Waals surface area contributed by atoms with Crippen LogP contribution in [0, 0.1) is 0 Å². The standard InChI is InChI=1S/C25H27N3O3/c1-2-3-14-30-20-11-8-18(9-12-20)24-26-25(31-27-24)19-15-23(29)28(16-19)22-13-10-17-6-4-5-7-21(17)22/h4-9,11-12,19,22H,2-3,10,13-16H2,1H3. The zero-order valence-corrected chi connectivity index (χ0v) is 17.8. The summed E-state index contributed by atoms with van der Waals surface area (Å²) in [5, 5.41) is 4.16. The fraction of sp³-hybridized carbons (Fsp3) is 0.400. The second-order valence-electron chi connectivity index (χ2n) is 8.38. The number of hydrogen-bond acceptors (Lipinski definition) is 5. The first-order valence-electron chi connectivity index (χ1n) is 11.2. The molecule has 31 heavy (non-hydrogen) atoms. The van der Waals surface area contributed by atoms with Crippen LogP contribution >= 0.6 is 0 Å². The van der Waals surface area contributed by atoms with Crippen molar-refractivity contribution in [2.75, 3.05) is 13.2 Å². The van der Waals surface area contributed by atoms with Crippen molar-refractivity contribution < 1.29 is 14.1 Å². The Morgan fingerprint density at radius 3 is 2.84 bits per heavy atom. The Morgan fingerprint density at radius 1 is 1.16 bits per heavy atom. The molecule has 1 fully saturated rings. The van der Waals surface area contributed by atoms with Gasteiger partial charge >= 0.3 is 0 Å². The molecule has 1 aliphatic heterocycles. The first-order valence-corrected chi connectivity index (χ1v) is 11.2. The zero-order chi connectivity index (χ0) is 21.2. The Bertz CT molecular complexity index is 1060.